The van der Waals surface area contributed by atoms with Gasteiger partial charge in [0.1, 0.15) is 0 Å². The van der Waals surface area contributed by atoms with Gasteiger partial charge in [0.25, 0.3) is 0 Å². The average Bonchev–Trinajstić information content (AvgIpc) is 3.46. The molecule has 1 heteroatoms. The lowest BCUT2D eigenvalue weighted by Crippen LogP contribution is -2.48. The van der Waals surface area contributed by atoms with Crippen molar-refractivity contribution >= 4 is 17.1 Å². The number of rotatable bonds is 7. The zero-order valence-electron chi connectivity index (χ0n) is 33.3. The molecule has 56 heavy (non-hydrogen) atoms. The lowest BCUT2D eigenvalue weighted by atomic mass is 9.48. The van der Waals surface area contributed by atoms with Gasteiger partial charge in [-0.2, -0.15) is 0 Å². The van der Waals surface area contributed by atoms with Crippen molar-refractivity contribution in [3.05, 3.63) is 162 Å². The molecule has 6 aliphatic carbocycles. The minimum atomic E-state index is -0.113. The van der Waals surface area contributed by atoms with Crippen LogP contribution in [0, 0.1) is 17.8 Å². The topological polar surface area (TPSA) is 3.24 Å². The number of nitrogens with zero attached hydrogens (tertiary/aromatic N) is 1. The van der Waals surface area contributed by atoms with Crippen molar-refractivity contribution in [3.63, 3.8) is 0 Å². The van der Waals surface area contributed by atoms with E-state index in [1.165, 1.54) is 138 Å². The Bertz CT molecular complexity index is 2360. The molecule has 0 heterocycles. The van der Waals surface area contributed by atoms with Crippen LogP contribution in [-0.4, -0.2) is 0 Å². The highest BCUT2D eigenvalue weighted by atomic mass is 15.1. The van der Waals surface area contributed by atoms with E-state index in [2.05, 4.69) is 158 Å². The van der Waals surface area contributed by atoms with E-state index in [1.807, 2.05) is 0 Å². The number of benzene rings is 6. The van der Waals surface area contributed by atoms with E-state index in [1.54, 1.807) is 5.56 Å². The molecule has 5 fully saturated rings. The Morgan fingerprint density at radius 2 is 1.12 bits per heavy atom. The molecule has 0 aromatic heterocycles. The first kappa shape index (κ1) is 34.4. The van der Waals surface area contributed by atoms with Crippen molar-refractivity contribution in [2.45, 2.75) is 101 Å². The van der Waals surface area contributed by atoms with Gasteiger partial charge in [-0.25, -0.2) is 0 Å². The Hall–Kier alpha value is -4.88. The maximum Gasteiger partial charge on any atom is 0.0540 e. The summed E-state index contributed by atoms with van der Waals surface area (Å²) in [6.45, 7) is 4.83. The summed E-state index contributed by atoms with van der Waals surface area (Å²) in [5.74, 6) is 3.53. The summed E-state index contributed by atoms with van der Waals surface area (Å²) in [5, 5.41) is 0. The second-order valence-electron chi connectivity index (χ2n) is 19.0. The molecule has 0 aliphatic heterocycles. The van der Waals surface area contributed by atoms with Gasteiger partial charge in [0.05, 0.1) is 5.69 Å². The van der Waals surface area contributed by atoms with Gasteiger partial charge in [0, 0.05) is 22.4 Å². The predicted molar refractivity (Wildman–Crippen MR) is 235 cm³/mol. The molecule has 12 rings (SSSR count). The van der Waals surface area contributed by atoms with E-state index in [-0.39, 0.29) is 5.41 Å². The third-order valence-electron chi connectivity index (χ3n) is 15.2. The van der Waals surface area contributed by atoms with Crippen LogP contribution in [0.5, 0.6) is 0 Å². The van der Waals surface area contributed by atoms with Crippen LogP contribution in [0.3, 0.4) is 0 Å². The molecular formula is C55H55N. The van der Waals surface area contributed by atoms with Gasteiger partial charge in [-0.05, 0) is 167 Å². The average molecular weight is 730 g/mol. The van der Waals surface area contributed by atoms with Gasteiger partial charge in [0.15, 0.2) is 0 Å². The molecule has 280 valence electrons. The predicted octanol–water partition coefficient (Wildman–Crippen LogP) is 15.3. The third-order valence-corrected chi connectivity index (χ3v) is 15.2. The van der Waals surface area contributed by atoms with Gasteiger partial charge < -0.3 is 4.90 Å². The summed E-state index contributed by atoms with van der Waals surface area (Å²) in [6.07, 6.45) is 15.4. The van der Waals surface area contributed by atoms with Gasteiger partial charge in [0.2, 0.25) is 0 Å². The lowest BCUT2D eigenvalue weighted by molar-refractivity contribution is -0.00518. The Balaban J connectivity index is 1.02. The molecular weight excluding hydrogens is 675 g/mol. The summed E-state index contributed by atoms with van der Waals surface area (Å²) in [6, 6.07) is 53.9. The highest BCUT2D eigenvalue weighted by molar-refractivity contribution is 5.91. The number of hydrogen-bond donors (Lipinski definition) is 0. The van der Waals surface area contributed by atoms with Crippen LogP contribution >= 0.6 is 0 Å². The van der Waals surface area contributed by atoms with E-state index >= 15 is 0 Å². The first-order chi connectivity index (χ1) is 27.4. The molecule has 4 bridgehead atoms. The van der Waals surface area contributed by atoms with E-state index in [0.717, 1.165) is 17.8 Å². The molecule has 0 radical (unpaired) electrons. The molecule has 0 amide bonds. The largest absolute Gasteiger partial charge is 0.310 e. The fourth-order valence-corrected chi connectivity index (χ4v) is 12.8. The zero-order chi connectivity index (χ0) is 37.4. The molecule has 0 spiro atoms. The summed E-state index contributed by atoms with van der Waals surface area (Å²) >= 11 is 0. The van der Waals surface area contributed by atoms with Gasteiger partial charge in [-0.3, -0.25) is 0 Å². The Labute approximate surface area is 334 Å². The van der Waals surface area contributed by atoms with Crippen molar-refractivity contribution in [2.24, 2.45) is 17.8 Å². The highest BCUT2D eigenvalue weighted by Crippen LogP contribution is 2.61. The summed E-state index contributed by atoms with van der Waals surface area (Å²) in [4.78, 5) is 2.56. The lowest BCUT2D eigenvalue weighted by Gasteiger charge is -2.57. The quantitative estimate of drug-likeness (QED) is 0.158. The Kier molecular flexibility index (Phi) is 8.20. The van der Waals surface area contributed by atoms with Crippen molar-refractivity contribution in [3.8, 4) is 33.4 Å². The minimum Gasteiger partial charge on any atom is -0.310 e. The van der Waals surface area contributed by atoms with Crippen molar-refractivity contribution < 1.29 is 0 Å². The zero-order valence-corrected chi connectivity index (χ0v) is 33.3. The number of para-hydroxylation sites is 1. The summed E-state index contributed by atoms with van der Waals surface area (Å²) in [7, 11) is 0. The van der Waals surface area contributed by atoms with Crippen LogP contribution in [0.2, 0.25) is 0 Å². The van der Waals surface area contributed by atoms with Gasteiger partial charge >= 0.3 is 0 Å². The Morgan fingerprint density at radius 3 is 1.84 bits per heavy atom. The Morgan fingerprint density at radius 1 is 0.482 bits per heavy atom. The normalized spacial score (nSPS) is 24.5. The standard InChI is InChI=1S/C55H55N/c1-54(2)51-28-21-44(41-13-7-4-8-14-41)32-50(51)49-27-26-47(33-52(49)54)56(46-24-22-45(23-25-46)55-34-37-29-38(35-55)31-39(30-37)36-55)53-16-10-9-15-48(53)43-19-17-42(18-20-43)40-11-5-3-6-12-40/h4,7-10,13-28,32-33,37-40H,3,5-6,11-12,29-31,34-36H2,1-2H3. The van der Waals surface area contributed by atoms with E-state index in [9.17, 15) is 0 Å². The smallest absolute Gasteiger partial charge is 0.0540 e. The van der Waals surface area contributed by atoms with Gasteiger partial charge in [-0.15, -0.1) is 0 Å². The van der Waals surface area contributed by atoms with Crippen LogP contribution in [0.4, 0.5) is 17.1 Å². The number of fused-ring (bicyclic) bond motifs is 3. The minimum absolute atomic E-state index is 0.113. The van der Waals surface area contributed by atoms with Gasteiger partial charge in [-0.1, -0.05) is 136 Å². The van der Waals surface area contributed by atoms with Crippen LogP contribution < -0.4 is 4.90 Å². The number of anilines is 3. The first-order valence-corrected chi connectivity index (χ1v) is 21.9. The van der Waals surface area contributed by atoms with Crippen LogP contribution in [-0.2, 0) is 10.8 Å². The molecule has 6 aromatic carbocycles. The van der Waals surface area contributed by atoms with E-state index in [0.29, 0.717) is 11.3 Å². The second kappa shape index (κ2) is 13.4. The van der Waals surface area contributed by atoms with Crippen molar-refractivity contribution in [1.82, 2.24) is 0 Å². The van der Waals surface area contributed by atoms with Crippen LogP contribution in [0.25, 0.3) is 33.4 Å². The fraction of sp³-hybridized carbons (Fsp3) is 0.345. The maximum atomic E-state index is 2.56. The summed E-state index contributed by atoms with van der Waals surface area (Å²) in [5.41, 5.74) is 17.7. The van der Waals surface area contributed by atoms with Crippen molar-refractivity contribution in [1.29, 1.82) is 0 Å². The van der Waals surface area contributed by atoms with Crippen LogP contribution in [0.15, 0.2) is 140 Å². The monoisotopic (exact) mass is 729 g/mol. The van der Waals surface area contributed by atoms with E-state index in [4.69, 9.17) is 0 Å². The van der Waals surface area contributed by atoms with Crippen molar-refractivity contribution in [2.75, 3.05) is 4.90 Å². The number of hydrogen-bond acceptors (Lipinski definition) is 1. The molecule has 6 aliphatic rings. The second-order valence-corrected chi connectivity index (χ2v) is 19.0. The van der Waals surface area contributed by atoms with Crippen LogP contribution in [0.1, 0.15) is 113 Å². The first-order valence-electron chi connectivity index (χ1n) is 21.9. The molecule has 0 atom stereocenters. The summed E-state index contributed by atoms with van der Waals surface area (Å²) < 4.78 is 0. The van der Waals surface area contributed by atoms with E-state index < -0.39 is 0 Å². The molecule has 6 aromatic rings. The molecule has 0 N–H and O–H groups in total. The maximum absolute atomic E-state index is 2.56. The molecule has 5 saturated carbocycles. The SMILES string of the molecule is CC1(C)c2ccc(-c3ccccc3)cc2-c2ccc(N(c3ccc(C45CC6CC(CC(C6)C4)C5)cc3)c3ccccc3-c3ccc(C4CCCCC4)cc3)cc21. The molecule has 0 unspecified atom stereocenters. The molecule has 1 nitrogen and oxygen atoms in total. The fourth-order valence-electron chi connectivity index (χ4n) is 12.8. The third kappa shape index (κ3) is 5.71. The highest BCUT2D eigenvalue weighted by Gasteiger charge is 2.51. The molecule has 0 saturated heterocycles.